The molecule has 0 saturated heterocycles. The maximum atomic E-state index is 11.1. The average Bonchev–Trinajstić information content (AvgIpc) is 2.96. The van der Waals surface area contributed by atoms with E-state index in [1.54, 1.807) is 0 Å². The molecule has 4 aromatic rings. The van der Waals surface area contributed by atoms with Crippen LogP contribution in [0.3, 0.4) is 0 Å². The summed E-state index contributed by atoms with van der Waals surface area (Å²) >= 11 is 0. The Hall–Kier alpha value is -4.12. The lowest BCUT2D eigenvalue weighted by atomic mass is 9.94. The van der Waals surface area contributed by atoms with Gasteiger partial charge in [0.2, 0.25) is 0 Å². The summed E-state index contributed by atoms with van der Waals surface area (Å²) in [6.45, 7) is 10.2. The minimum absolute atomic E-state index is 0.109. The highest BCUT2D eigenvalue weighted by molar-refractivity contribution is 5.87. The number of carbonyl (C=O) groups is 1. The predicted molar refractivity (Wildman–Crippen MR) is 158 cm³/mol. The lowest BCUT2D eigenvalue weighted by molar-refractivity contribution is 0.0696. The second-order valence-electron chi connectivity index (χ2n) is 10.2. The van der Waals surface area contributed by atoms with Crippen molar-refractivity contribution < 1.29 is 14.6 Å². The van der Waals surface area contributed by atoms with Crippen LogP contribution in [-0.2, 0) is 13.2 Å². The number of benzene rings is 3. The molecule has 0 atom stereocenters. The van der Waals surface area contributed by atoms with Gasteiger partial charge in [-0.3, -0.25) is 4.98 Å². The van der Waals surface area contributed by atoms with Crippen molar-refractivity contribution in [1.82, 2.24) is 4.98 Å². The van der Waals surface area contributed by atoms with Gasteiger partial charge in [0, 0.05) is 24.5 Å². The molecule has 0 bridgehead atoms. The fourth-order valence-electron chi connectivity index (χ4n) is 4.89. The third kappa shape index (κ3) is 7.26. The van der Waals surface area contributed by atoms with Crippen molar-refractivity contribution >= 4 is 11.7 Å². The number of ether oxygens (including phenoxy) is 1. The first-order chi connectivity index (χ1) is 18.9. The van der Waals surface area contributed by atoms with Crippen molar-refractivity contribution in [2.75, 3.05) is 4.90 Å². The molecular weight excluding hydrogens is 484 g/mol. The van der Waals surface area contributed by atoms with Crippen molar-refractivity contribution in [3.8, 4) is 16.9 Å². The topological polar surface area (TPSA) is 62.7 Å². The van der Waals surface area contributed by atoms with Crippen molar-refractivity contribution in [2.24, 2.45) is 0 Å². The summed E-state index contributed by atoms with van der Waals surface area (Å²) in [5.41, 5.74) is 7.36. The number of pyridine rings is 1. The Morgan fingerprint density at radius 1 is 0.872 bits per heavy atom. The summed E-state index contributed by atoms with van der Waals surface area (Å²) in [6, 6.07) is 28.0. The van der Waals surface area contributed by atoms with E-state index in [-0.39, 0.29) is 5.56 Å². The monoisotopic (exact) mass is 522 g/mol. The van der Waals surface area contributed by atoms with Crippen LogP contribution in [-0.4, -0.2) is 22.1 Å². The minimum atomic E-state index is -1.02. The molecule has 0 aliphatic carbocycles. The molecule has 0 aliphatic heterocycles. The largest absolute Gasteiger partial charge is 0.487 e. The summed E-state index contributed by atoms with van der Waals surface area (Å²) < 4.78 is 5.76. The standard InChI is InChI=1S/C34H38N2O3/c1-5-27(6-2)28-14-16-32(17-15-28)36(24(3)4)22-26-8-7-9-30(18-26)29-12-10-25(11-13-29)23-39-33-19-31(34(37)38)20-35-21-33/h7-21,24,27H,5-6,22-23H2,1-4H3,(H,37,38). The molecule has 0 radical (unpaired) electrons. The van der Waals surface area contributed by atoms with E-state index in [2.05, 4.69) is 98.2 Å². The molecule has 4 rings (SSSR count). The van der Waals surface area contributed by atoms with E-state index in [0.29, 0.717) is 24.3 Å². The van der Waals surface area contributed by atoms with Crippen LogP contribution in [0.4, 0.5) is 5.69 Å². The van der Waals surface area contributed by atoms with E-state index in [0.717, 1.165) is 17.7 Å². The van der Waals surface area contributed by atoms with Gasteiger partial charge in [-0.1, -0.05) is 68.4 Å². The number of anilines is 1. The van der Waals surface area contributed by atoms with Crippen molar-refractivity contribution in [3.05, 3.63) is 114 Å². The lowest BCUT2D eigenvalue weighted by Gasteiger charge is -2.30. The highest BCUT2D eigenvalue weighted by Gasteiger charge is 2.14. The van der Waals surface area contributed by atoms with Crippen LogP contribution in [0.1, 0.15) is 73.5 Å². The Labute approximate surface area is 232 Å². The van der Waals surface area contributed by atoms with Crippen LogP contribution < -0.4 is 9.64 Å². The minimum Gasteiger partial charge on any atom is -0.487 e. The smallest absolute Gasteiger partial charge is 0.337 e. The first-order valence-corrected chi connectivity index (χ1v) is 13.7. The summed E-state index contributed by atoms with van der Waals surface area (Å²) in [5.74, 6) is 0.0407. The molecule has 1 aromatic heterocycles. The van der Waals surface area contributed by atoms with Gasteiger partial charge in [-0.15, -0.1) is 0 Å². The highest BCUT2D eigenvalue weighted by atomic mass is 16.5. The van der Waals surface area contributed by atoms with Crippen LogP contribution in [0.2, 0.25) is 0 Å². The Morgan fingerprint density at radius 2 is 1.59 bits per heavy atom. The second kappa shape index (κ2) is 13.1. The molecule has 0 aliphatic rings. The van der Waals surface area contributed by atoms with E-state index in [9.17, 15) is 4.79 Å². The Balaban J connectivity index is 1.44. The fraction of sp³-hybridized carbons (Fsp3) is 0.294. The number of carboxylic acids is 1. The number of carboxylic acid groups (broad SMARTS) is 1. The molecule has 5 heteroatoms. The molecule has 0 spiro atoms. The van der Waals surface area contributed by atoms with Gasteiger partial charge in [0.25, 0.3) is 0 Å². The van der Waals surface area contributed by atoms with Crippen LogP contribution in [0.25, 0.3) is 11.1 Å². The second-order valence-corrected chi connectivity index (χ2v) is 10.2. The molecule has 3 aromatic carbocycles. The Kier molecular flexibility index (Phi) is 9.37. The first kappa shape index (κ1) is 27.9. The van der Waals surface area contributed by atoms with E-state index in [4.69, 9.17) is 9.84 Å². The molecule has 39 heavy (non-hydrogen) atoms. The predicted octanol–water partition coefficient (Wildman–Crippen LogP) is 8.34. The molecule has 0 fully saturated rings. The SMILES string of the molecule is CCC(CC)c1ccc(N(Cc2cccc(-c3ccc(COc4cncc(C(=O)O)c4)cc3)c2)C(C)C)cc1. The van der Waals surface area contributed by atoms with E-state index in [1.807, 2.05) is 12.1 Å². The van der Waals surface area contributed by atoms with Crippen molar-refractivity contribution in [3.63, 3.8) is 0 Å². The quantitative estimate of drug-likeness (QED) is 0.203. The van der Waals surface area contributed by atoms with Crippen LogP contribution in [0.5, 0.6) is 5.75 Å². The van der Waals surface area contributed by atoms with Gasteiger partial charge in [-0.2, -0.15) is 0 Å². The molecule has 202 valence electrons. The van der Waals surface area contributed by atoms with Gasteiger partial charge >= 0.3 is 5.97 Å². The van der Waals surface area contributed by atoms with Gasteiger partial charge in [0.1, 0.15) is 12.4 Å². The third-order valence-corrected chi connectivity index (χ3v) is 7.24. The van der Waals surface area contributed by atoms with Gasteiger partial charge in [-0.25, -0.2) is 4.79 Å². The molecule has 5 nitrogen and oxygen atoms in total. The maximum absolute atomic E-state index is 11.1. The normalized spacial score (nSPS) is 11.1. The molecule has 0 unspecified atom stereocenters. The summed E-state index contributed by atoms with van der Waals surface area (Å²) in [5, 5.41) is 9.13. The number of aromatic carboxylic acids is 1. The number of hydrogen-bond donors (Lipinski definition) is 1. The number of aromatic nitrogens is 1. The molecule has 0 saturated carbocycles. The summed E-state index contributed by atoms with van der Waals surface area (Å²) in [6.07, 6.45) is 5.17. The van der Waals surface area contributed by atoms with Gasteiger partial charge in [0.05, 0.1) is 11.8 Å². The first-order valence-electron chi connectivity index (χ1n) is 13.7. The Morgan fingerprint density at radius 3 is 2.23 bits per heavy atom. The van der Waals surface area contributed by atoms with E-state index in [1.165, 1.54) is 53.7 Å². The molecule has 1 N–H and O–H groups in total. The third-order valence-electron chi connectivity index (χ3n) is 7.24. The van der Waals surface area contributed by atoms with Crippen LogP contribution in [0, 0.1) is 0 Å². The number of nitrogens with zero attached hydrogens (tertiary/aromatic N) is 2. The van der Waals surface area contributed by atoms with Crippen LogP contribution in [0.15, 0.2) is 91.3 Å². The lowest BCUT2D eigenvalue weighted by Crippen LogP contribution is -2.30. The zero-order valence-corrected chi connectivity index (χ0v) is 23.3. The Bertz CT molecular complexity index is 1360. The highest BCUT2D eigenvalue weighted by Crippen LogP contribution is 2.28. The number of hydrogen-bond acceptors (Lipinski definition) is 4. The zero-order valence-electron chi connectivity index (χ0n) is 23.3. The molecular formula is C34H38N2O3. The summed E-state index contributed by atoms with van der Waals surface area (Å²) in [7, 11) is 0. The van der Waals surface area contributed by atoms with E-state index >= 15 is 0 Å². The summed E-state index contributed by atoms with van der Waals surface area (Å²) in [4.78, 5) is 17.5. The maximum Gasteiger partial charge on any atom is 0.337 e. The fourth-order valence-corrected chi connectivity index (χ4v) is 4.89. The zero-order chi connectivity index (χ0) is 27.8. The number of rotatable bonds is 12. The van der Waals surface area contributed by atoms with E-state index < -0.39 is 5.97 Å². The molecule has 0 amide bonds. The van der Waals surface area contributed by atoms with Gasteiger partial charge < -0.3 is 14.7 Å². The van der Waals surface area contributed by atoms with Crippen molar-refractivity contribution in [1.29, 1.82) is 0 Å². The van der Waals surface area contributed by atoms with Gasteiger partial charge in [-0.05, 0) is 84.7 Å². The van der Waals surface area contributed by atoms with Crippen molar-refractivity contribution in [2.45, 2.75) is 65.6 Å². The average molecular weight is 523 g/mol. The van der Waals surface area contributed by atoms with Crippen LogP contribution >= 0.6 is 0 Å². The molecule has 1 heterocycles. The van der Waals surface area contributed by atoms with Gasteiger partial charge in [0.15, 0.2) is 0 Å².